The van der Waals surface area contributed by atoms with Crippen molar-refractivity contribution in [3.8, 4) is 11.5 Å². The van der Waals surface area contributed by atoms with Crippen LogP contribution < -0.4 is 10.1 Å². The number of fused-ring (bicyclic) bond motifs is 3. The Kier molecular flexibility index (Phi) is 6.21. The average molecular weight is 480 g/mol. The van der Waals surface area contributed by atoms with Gasteiger partial charge in [-0.25, -0.2) is 4.79 Å². The molecule has 35 heavy (non-hydrogen) atoms. The number of carbonyl (C=O) groups excluding carboxylic acids is 2. The van der Waals surface area contributed by atoms with Gasteiger partial charge in [0.25, 0.3) is 0 Å². The largest absolute Gasteiger partial charge is 0.462 e. The lowest BCUT2D eigenvalue weighted by Crippen LogP contribution is -2.59. The molecule has 2 N–H and O–H groups in total. The number of ether oxygens (including phenoxy) is 3. The van der Waals surface area contributed by atoms with Gasteiger partial charge >= 0.3 is 12.1 Å². The molecule has 5 rings (SSSR count). The zero-order valence-corrected chi connectivity index (χ0v) is 20.2. The third-order valence-corrected chi connectivity index (χ3v) is 8.65. The molecule has 1 heterocycles. The lowest BCUT2D eigenvalue weighted by Gasteiger charge is -2.59. The van der Waals surface area contributed by atoms with E-state index in [-0.39, 0.29) is 35.9 Å². The SMILES string of the molecule is C[C@]1(CO)[C@H]2CC[C@@H]3OC(=O)C[C@H]3[C@]2(C)CC[C@H]1OC(=O)Nc1ccc(Oc2ccccc2)cc1. The number of rotatable bonds is 5. The molecule has 0 spiro atoms. The van der Waals surface area contributed by atoms with Crippen LogP contribution in [0.2, 0.25) is 0 Å². The van der Waals surface area contributed by atoms with Crippen LogP contribution in [0.4, 0.5) is 10.5 Å². The summed E-state index contributed by atoms with van der Waals surface area (Å²) in [4.78, 5) is 24.8. The van der Waals surface area contributed by atoms with Gasteiger partial charge < -0.3 is 19.3 Å². The van der Waals surface area contributed by atoms with Crippen molar-refractivity contribution in [2.75, 3.05) is 11.9 Å². The molecule has 7 nitrogen and oxygen atoms in total. The van der Waals surface area contributed by atoms with Crippen LogP contribution >= 0.6 is 0 Å². The lowest BCUT2D eigenvalue weighted by molar-refractivity contribution is -0.174. The molecule has 1 saturated heterocycles. The van der Waals surface area contributed by atoms with E-state index >= 15 is 0 Å². The van der Waals surface area contributed by atoms with Crippen LogP contribution in [-0.2, 0) is 14.3 Å². The minimum absolute atomic E-state index is 0.0266. The van der Waals surface area contributed by atoms with E-state index in [2.05, 4.69) is 12.2 Å². The number of para-hydroxylation sites is 1. The molecule has 3 aliphatic rings. The maximum atomic E-state index is 12.8. The van der Waals surface area contributed by atoms with Crippen LogP contribution in [0.1, 0.15) is 46.0 Å². The fourth-order valence-corrected chi connectivity index (χ4v) is 6.80. The number of esters is 1. The zero-order valence-electron chi connectivity index (χ0n) is 20.2. The standard InChI is InChI=1S/C28H33NO6/c1-27-15-14-24(28(2,17-30)23(27)13-12-22-21(27)16-25(31)34-22)35-26(32)29-18-8-10-20(11-9-18)33-19-6-4-3-5-7-19/h3-11,21-24,30H,12-17H2,1-2H3,(H,29,32)/t21-,22+,23+,24-,27+,28+/m1/s1. The highest BCUT2D eigenvalue weighted by Crippen LogP contribution is 2.62. The Balaban J connectivity index is 1.24. The summed E-state index contributed by atoms with van der Waals surface area (Å²) in [6.45, 7) is 4.16. The highest BCUT2D eigenvalue weighted by molar-refractivity contribution is 5.84. The summed E-state index contributed by atoms with van der Waals surface area (Å²) >= 11 is 0. The van der Waals surface area contributed by atoms with E-state index in [9.17, 15) is 14.7 Å². The molecule has 2 saturated carbocycles. The molecule has 1 aliphatic heterocycles. The van der Waals surface area contributed by atoms with E-state index in [1.165, 1.54) is 0 Å². The molecule has 1 amide bonds. The van der Waals surface area contributed by atoms with Crippen molar-refractivity contribution >= 4 is 17.7 Å². The van der Waals surface area contributed by atoms with Crippen molar-refractivity contribution in [3.05, 3.63) is 54.6 Å². The van der Waals surface area contributed by atoms with Gasteiger partial charge in [-0.1, -0.05) is 32.0 Å². The Labute approximate surface area is 205 Å². The summed E-state index contributed by atoms with van der Waals surface area (Å²) < 4.78 is 17.3. The van der Waals surface area contributed by atoms with Crippen LogP contribution in [0.5, 0.6) is 11.5 Å². The van der Waals surface area contributed by atoms with Crippen molar-refractivity contribution in [2.45, 2.75) is 58.2 Å². The molecule has 186 valence electrons. The van der Waals surface area contributed by atoms with Gasteiger partial charge in [-0.2, -0.15) is 0 Å². The minimum Gasteiger partial charge on any atom is -0.462 e. The average Bonchev–Trinajstić information content (AvgIpc) is 3.25. The highest BCUT2D eigenvalue weighted by atomic mass is 16.6. The van der Waals surface area contributed by atoms with Gasteiger partial charge in [-0.3, -0.25) is 10.1 Å². The number of amides is 1. The first-order chi connectivity index (χ1) is 16.8. The van der Waals surface area contributed by atoms with Gasteiger partial charge in [0.1, 0.15) is 23.7 Å². The third kappa shape index (κ3) is 4.38. The van der Waals surface area contributed by atoms with E-state index in [0.29, 0.717) is 24.3 Å². The summed E-state index contributed by atoms with van der Waals surface area (Å²) in [6.07, 6.45) is 2.56. The molecule has 2 aromatic rings. The predicted octanol–water partition coefficient (Wildman–Crippen LogP) is 5.54. The second-order valence-electron chi connectivity index (χ2n) is 10.6. The topological polar surface area (TPSA) is 94.1 Å². The second-order valence-corrected chi connectivity index (χ2v) is 10.6. The number of hydrogen-bond donors (Lipinski definition) is 2. The van der Waals surface area contributed by atoms with E-state index in [0.717, 1.165) is 25.0 Å². The Hall–Kier alpha value is -3.06. The molecule has 0 radical (unpaired) electrons. The summed E-state index contributed by atoms with van der Waals surface area (Å²) in [5, 5.41) is 13.3. The molecule has 7 heteroatoms. The van der Waals surface area contributed by atoms with Gasteiger partial charge in [0.2, 0.25) is 0 Å². The fraction of sp³-hybridized carbons (Fsp3) is 0.500. The lowest BCUT2D eigenvalue weighted by atomic mass is 9.46. The number of aliphatic hydroxyl groups is 1. The number of anilines is 1. The van der Waals surface area contributed by atoms with Crippen LogP contribution in [0, 0.1) is 22.7 Å². The first-order valence-corrected chi connectivity index (χ1v) is 12.4. The molecule has 2 aromatic carbocycles. The van der Waals surface area contributed by atoms with Gasteiger partial charge in [0.15, 0.2) is 0 Å². The number of hydrogen-bond acceptors (Lipinski definition) is 6. The number of carbonyl (C=O) groups is 2. The molecular formula is C28H33NO6. The van der Waals surface area contributed by atoms with Crippen molar-refractivity contribution < 1.29 is 28.9 Å². The summed E-state index contributed by atoms with van der Waals surface area (Å²) in [6, 6.07) is 16.6. The smallest absolute Gasteiger partial charge is 0.411 e. The molecule has 0 aromatic heterocycles. The first-order valence-electron chi connectivity index (χ1n) is 12.4. The highest BCUT2D eigenvalue weighted by Gasteiger charge is 2.62. The maximum absolute atomic E-state index is 12.8. The summed E-state index contributed by atoms with van der Waals surface area (Å²) in [7, 11) is 0. The fourth-order valence-electron chi connectivity index (χ4n) is 6.80. The van der Waals surface area contributed by atoms with Gasteiger partial charge in [-0.05, 0) is 73.4 Å². The molecule has 3 fully saturated rings. The normalized spacial score (nSPS) is 33.7. The Morgan fingerprint density at radius 2 is 1.77 bits per heavy atom. The van der Waals surface area contributed by atoms with Gasteiger partial charge in [-0.15, -0.1) is 0 Å². The molecule has 0 bridgehead atoms. The van der Waals surface area contributed by atoms with Gasteiger partial charge in [0, 0.05) is 17.0 Å². The third-order valence-electron chi connectivity index (χ3n) is 8.65. The van der Waals surface area contributed by atoms with E-state index in [1.54, 1.807) is 24.3 Å². The first kappa shape index (κ1) is 23.7. The zero-order chi connectivity index (χ0) is 24.6. The minimum atomic E-state index is -0.589. The predicted molar refractivity (Wildman–Crippen MR) is 130 cm³/mol. The number of benzene rings is 2. The summed E-state index contributed by atoms with van der Waals surface area (Å²) in [5.74, 6) is 1.58. The second kappa shape index (κ2) is 9.19. The van der Waals surface area contributed by atoms with E-state index < -0.39 is 17.6 Å². The quantitative estimate of drug-likeness (QED) is 0.547. The van der Waals surface area contributed by atoms with Crippen LogP contribution in [0.15, 0.2) is 54.6 Å². The van der Waals surface area contributed by atoms with Crippen molar-refractivity contribution in [2.24, 2.45) is 22.7 Å². The maximum Gasteiger partial charge on any atom is 0.411 e. The summed E-state index contributed by atoms with van der Waals surface area (Å²) in [5.41, 5.74) is -0.116. The monoisotopic (exact) mass is 479 g/mol. The van der Waals surface area contributed by atoms with Crippen molar-refractivity contribution in [1.29, 1.82) is 0 Å². The molecule has 6 atom stereocenters. The number of nitrogens with one attached hydrogen (secondary N) is 1. The Morgan fingerprint density at radius 1 is 1.06 bits per heavy atom. The molecule has 0 unspecified atom stereocenters. The number of aliphatic hydroxyl groups excluding tert-OH is 1. The van der Waals surface area contributed by atoms with Gasteiger partial charge in [0.05, 0.1) is 13.0 Å². The van der Waals surface area contributed by atoms with Crippen LogP contribution in [-0.4, -0.2) is 36.0 Å². The van der Waals surface area contributed by atoms with Crippen LogP contribution in [0.25, 0.3) is 0 Å². The van der Waals surface area contributed by atoms with E-state index in [4.69, 9.17) is 14.2 Å². The van der Waals surface area contributed by atoms with Crippen molar-refractivity contribution in [3.63, 3.8) is 0 Å². The molecule has 2 aliphatic carbocycles. The van der Waals surface area contributed by atoms with Crippen molar-refractivity contribution in [1.82, 2.24) is 0 Å². The van der Waals surface area contributed by atoms with E-state index in [1.807, 2.05) is 37.3 Å². The molecular weight excluding hydrogens is 446 g/mol. The Bertz CT molecular complexity index is 1070. The Morgan fingerprint density at radius 3 is 2.49 bits per heavy atom. The van der Waals surface area contributed by atoms with Crippen LogP contribution in [0.3, 0.4) is 0 Å².